The molecule has 2 nitrogen and oxygen atoms in total. The molecule has 44 valence electrons. The maximum absolute atomic E-state index is 5.27. The van der Waals surface area contributed by atoms with Crippen LogP contribution >= 0.6 is 11.8 Å². The molecule has 0 aromatic carbocycles. The third-order valence-corrected chi connectivity index (χ3v) is 0.894. The Bertz CT molecular complexity index is 38.7. The molecule has 0 unspecified atom stereocenters. The van der Waals surface area contributed by atoms with Gasteiger partial charge in [0.05, 0.1) is 0 Å². The van der Waals surface area contributed by atoms with Crippen LogP contribution in [0.25, 0.3) is 0 Å². The number of unbranched alkanes of at least 4 members (excludes halogenated alkanes) is 1. The van der Waals surface area contributed by atoms with Crippen LogP contribution in [-0.4, -0.2) is 11.1 Å². The van der Waals surface area contributed by atoms with E-state index in [2.05, 4.69) is 6.92 Å². The lowest BCUT2D eigenvalue weighted by molar-refractivity contribution is 0.463. The number of nitrogens with zero attached hydrogens (tertiary/aromatic N) is 1. The number of halogens is 1. The molecular formula is C4H11ClN2. The predicted octanol–water partition coefficient (Wildman–Crippen LogP) is 1.12. The lowest BCUT2D eigenvalue weighted by Crippen LogP contribution is -2.20. The Morgan fingerprint density at radius 2 is 2.29 bits per heavy atom. The van der Waals surface area contributed by atoms with E-state index in [0.29, 0.717) is 0 Å². The lowest BCUT2D eigenvalue weighted by atomic mass is 10.3. The van der Waals surface area contributed by atoms with Gasteiger partial charge in [0, 0.05) is 6.54 Å². The molecular weight excluding hydrogens is 112 g/mol. The van der Waals surface area contributed by atoms with Crippen molar-refractivity contribution in [2.24, 2.45) is 5.84 Å². The summed E-state index contributed by atoms with van der Waals surface area (Å²) in [6, 6.07) is 0. The van der Waals surface area contributed by atoms with Gasteiger partial charge in [0.2, 0.25) is 0 Å². The zero-order chi connectivity index (χ0) is 5.70. The van der Waals surface area contributed by atoms with Crippen molar-refractivity contribution in [3.05, 3.63) is 0 Å². The van der Waals surface area contributed by atoms with E-state index in [-0.39, 0.29) is 0 Å². The van der Waals surface area contributed by atoms with Crippen LogP contribution < -0.4 is 5.84 Å². The van der Waals surface area contributed by atoms with E-state index in [1.165, 1.54) is 4.53 Å². The second kappa shape index (κ2) is 4.37. The Labute approximate surface area is 49.3 Å². The van der Waals surface area contributed by atoms with Crippen molar-refractivity contribution in [3.63, 3.8) is 0 Å². The average molecular weight is 123 g/mol. The predicted molar refractivity (Wildman–Crippen MR) is 31.7 cm³/mol. The summed E-state index contributed by atoms with van der Waals surface area (Å²) in [4.78, 5) is 0. The molecule has 0 heterocycles. The maximum atomic E-state index is 5.27. The van der Waals surface area contributed by atoms with Crippen molar-refractivity contribution >= 4 is 11.8 Å². The van der Waals surface area contributed by atoms with Crippen LogP contribution in [0.3, 0.4) is 0 Å². The summed E-state index contributed by atoms with van der Waals surface area (Å²) in [5, 5.41) is 0. The highest BCUT2D eigenvalue weighted by atomic mass is 35.5. The minimum atomic E-state index is 0.776. The molecule has 0 amide bonds. The van der Waals surface area contributed by atoms with Crippen LogP contribution in [0.15, 0.2) is 0 Å². The van der Waals surface area contributed by atoms with E-state index in [4.69, 9.17) is 17.6 Å². The zero-order valence-electron chi connectivity index (χ0n) is 4.52. The van der Waals surface area contributed by atoms with E-state index < -0.39 is 0 Å². The summed E-state index contributed by atoms with van der Waals surface area (Å²) < 4.78 is 1.18. The lowest BCUT2D eigenvalue weighted by Gasteiger charge is -2.01. The normalized spacial score (nSPS) is 10.3. The van der Waals surface area contributed by atoms with Crippen molar-refractivity contribution in [1.82, 2.24) is 4.53 Å². The monoisotopic (exact) mass is 122 g/mol. The summed E-state index contributed by atoms with van der Waals surface area (Å²) in [6.45, 7) is 2.87. The fourth-order valence-corrected chi connectivity index (χ4v) is 0.429. The van der Waals surface area contributed by atoms with Crippen molar-refractivity contribution in [3.8, 4) is 0 Å². The first-order valence-electron chi connectivity index (χ1n) is 2.45. The van der Waals surface area contributed by atoms with Gasteiger partial charge in [0.25, 0.3) is 0 Å². The van der Waals surface area contributed by atoms with Crippen molar-refractivity contribution < 1.29 is 0 Å². The molecule has 0 atom stereocenters. The third kappa shape index (κ3) is 6.21. The highest BCUT2D eigenvalue weighted by molar-refractivity contribution is 6.12. The van der Waals surface area contributed by atoms with Gasteiger partial charge in [-0.25, -0.2) is 0 Å². The smallest absolute Gasteiger partial charge is 0.0293 e. The van der Waals surface area contributed by atoms with Crippen molar-refractivity contribution in [2.45, 2.75) is 19.8 Å². The first-order valence-corrected chi connectivity index (χ1v) is 2.79. The molecule has 0 aromatic heterocycles. The molecule has 0 spiro atoms. The average Bonchev–Trinajstić information content (AvgIpc) is 1.61. The summed E-state index contributed by atoms with van der Waals surface area (Å²) in [5.41, 5.74) is 0. The molecule has 7 heavy (non-hydrogen) atoms. The molecule has 0 aromatic rings. The highest BCUT2D eigenvalue weighted by Crippen LogP contribution is 1.89. The first kappa shape index (κ1) is 7.21. The minimum absolute atomic E-state index is 0.776. The van der Waals surface area contributed by atoms with Crippen LogP contribution in [0.2, 0.25) is 0 Å². The van der Waals surface area contributed by atoms with Gasteiger partial charge in [0.1, 0.15) is 0 Å². The van der Waals surface area contributed by atoms with Crippen molar-refractivity contribution in [1.29, 1.82) is 0 Å². The minimum Gasteiger partial charge on any atom is -0.254 e. The van der Waals surface area contributed by atoms with Gasteiger partial charge in [-0.1, -0.05) is 13.3 Å². The van der Waals surface area contributed by atoms with E-state index in [1.807, 2.05) is 0 Å². The van der Waals surface area contributed by atoms with Crippen molar-refractivity contribution in [2.75, 3.05) is 6.54 Å². The maximum Gasteiger partial charge on any atom is 0.0293 e. The molecule has 0 saturated heterocycles. The van der Waals surface area contributed by atoms with Gasteiger partial charge in [-0.2, -0.15) is 4.53 Å². The van der Waals surface area contributed by atoms with E-state index in [9.17, 15) is 0 Å². The number of nitrogens with two attached hydrogens (primary N) is 1. The summed E-state index contributed by atoms with van der Waals surface area (Å²) in [5.74, 6) is 5.08. The van der Waals surface area contributed by atoms with E-state index >= 15 is 0 Å². The molecule has 0 saturated carbocycles. The highest BCUT2D eigenvalue weighted by Gasteiger charge is 1.86. The molecule has 3 heteroatoms. The van der Waals surface area contributed by atoms with E-state index in [1.54, 1.807) is 0 Å². The molecule has 2 N–H and O–H groups in total. The first-order chi connectivity index (χ1) is 3.27. The Kier molecular flexibility index (Phi) is 4.50. The van der Waals surface area contributed by atoms with Gasteiger partial charge in [-0.05, 0) is 18.2 Å². The second-order valence-corrected chi connectivity index (χ2v) is 1.91. The topological polar surface area (TPSA) is 29.3 Å². The Balaban J connectivity index is 2.68. The Morgan fingerprint density at radius 1 is 1.71 bits per heavy atom. The molecule has 0 rings (SSSR count). The SMILES string of the molecule is CCCCN(N)Cl. The van der Waals surface area contributed by atoms with E-state index in [0.717, 1.165) is 19.4 Å². The van der Waals surface area contributed by atoms with Crippen LogP contribution in [-0.2, 0) is 0 Å². The summed E-state index contributed by atoms with van der Waals surface area (Å²) in [6.07, 6.45) is 2.21. The molecule has 0 bridgehead atoms. The third-order valence-electron chi connectivity index (χ3n) is 0.725. The Hall–Kier alpha value is 0.210. The fraction of sp³-hybridized carbons (Fsp3) is 1.00. The quantitative estimate of drug-likeness (QED) is 0.345. The van der Waals surface area contributed by atoms with Crippen LogP contribution in [0.4, 0.5) is 0 Å². The van der Waals surface area contributed by atoms with Crippen LogP contribution in [0, 0.1) is 0 Å². The molecule has 0 aliphatic rings. The van der Waals surface area contributed by atoms with Crippen LogP contribution in [0.1, 0.15) is 19.8 Å². The molecule has 0 aliphatic carbocycles. The number of hydrazine groups is 1. The summed E-state index contributed by atoms with van der Waals surface area (Å²) >= 11 is 5.27. The zero-order valence-corrected chi connectivity index (χ0v) is 5.28. The molecule has 0 radical (unpaired) electrons. The van der Waals surface area contributed by atoms with Gasteiger partial charge in [-0.3, -0.25) is 5.84 Å². The number of hydrogen-bond donors (Lipinski definition) is 1. The number of hydrogen-bond acceptors (Lipinski definition) is 2. The fourth-order valence-electron chi connectivity index (χ4n) is 0.309. The Morgan fingerprint density at radius 3 is 2.43 bits per heavy atom. The van der Waals surface area contributed by atoms with Gasteiger partial charge in [-0.15, -0.1) is 0 Å². The van der Waals surface area contributed by atoms with Crippen LogP contribution in [0.5, 0.6) is 0 Å². The van der Waals surface area contributed by atoms with Gasteiger partial charge < -0.3 is 0 Å². The molecule has 0 fully saturated rings. The molecule has 0 aliphatic heterocycles. The van der Waals surface area contributed by atoms with Gasteiger partial charge in [0.15, 0.2) is 0 Å². The second-order valence-electron chi connectivity index (χ2n) is 1.48. The summed E-state index contributed by atoms with van der Waals surface area (Å²) in [7, 11) is 0. The standard InChI is InChI=1S/C4H11ClN2/c1-2-3-4-7(5)6/h2-4,6H2,1H3. The largest absolute Gasteiger partial charge is 0.254 e. The van der Waals surface area contributed by atoms with Gasteiger partial charge >= 0.3 is 0 Å². The number of rotatable bonds is 3.